The number of hydrogen-bond acceptors (Lipinski definition) is 7. The summed E-state index contributed by atoms with van der Waals surface area (Å²) in [7, 11) is 1.77. The zero-order valence-corrected chi connectivity index (χ0v) is 20.7. The van der Waals surface area contributed by atoms with E-state index in [1.807, 2.05) is 10.1 Å². The van der Waals surface area contributed by atoms with Crippen molar-refractivity contribution in [2.24, 2.45) is 11.8 Å². The predicted octanol–water partition coefficient (Wildman–Crippen LogP) is 3.41. The number of aromatic nitrogens is 4. The van der Waals surface area contributed by atoms with Crippen LogP contribution < -0.4 is 0 Å². The van der Waals surface area contributed by atoms with Gasteiger partial charge in [-0.25, -0.2) is 4.98 Å². The third-order valence-corrected chi connectivity index (χ3v) is 7.00. The number of nitrogens with zero attached hydrogens (tertiary/aromatic N) is 6. The molecule has 2 amide bonds. The summed E-state index contributed by atoms with van der Waals surface area (Å²) in [5, 5.41) is 10.7. The van der Waals surface area contributed by atoms with E-state index < -0.39 is 0 Å². The van der Waals surface area contributed by atoms with Crippen LogP contribution >= 0.6 is 11.3 Å². The second-order valence-electron chi connectivity index (χ2n) is 9.79. The zero-order valence-electron chi connectivity index (χ0n) is 19.9. The van der Waals surface area contributed by atoms with Crippen LogP contribution in [-0.4, -0.2) is 55.1 Å². The van der Waals surface area contributed by atoms with Gasteiger partial charge in [0.05, 0.1) is 24.3 Å². The molecule has 9 nitrogen and oxygen atoms in total. The minimum Gasteiger partial charge on any atom is -0.361 e. The van der Waals surface area contributed by atoms with Crippen LogP contribution in [0.15, 0.2) is 21.5 Å². The highest BCUT2D eigenvalue weighted by atomic mass is 32.1. The van der Waals surface area contributed by atoms with E-state index in [4.69, 9.17) is 9.62 Å². The van der Waals surface area contributed by atoms with Crippen LogP contribution in [0.25, 0.3) is 0 Å². The van der Waals surface area contributed by atoms with Crippen molar-refractivity contribution in [3.63, 3.8) is 0 Å². The van der Waals surface area contributed by atoms with Crippen LogP contribution in [0, 0.1) is 11.8 Å². The molecule has 10 heteroatoms. The molecule has 1 aliphatic heterocycles. The van der Waals surface area contributed by atoms with Crippen molar-refractivity contribution in [2.45, 2.75) is 59.2 Å². The Balaban J connectivity index is 1.38. The fraction of sp³-hybridized carbons (Fsp3) is 0.542. The lowest BCUT2D eigenvalue weighted by molar-refractivity contribution is 0.0712. The van der Waals surface area contributed by atoms with E-state index in [1.54, 1.807) is 28.4 Å². The first-order chi connectivity index (χ1) is 16.4. The minimum atomic E-state index is -0.173. The van der Waals surface area contributed by atoms with Gasteiger partial charge in [0.15, 0.2) is 11.4 Å². The van der Waals surface area contributed by atoms with Crippen molar-refractivity contribution in [1.82, 2.24) is 29.7 Å². The van der Waals surface area contributed by atoms with Gasteiger partial charge in [-0.2, -0.15) is 5.10 Å². The van der Waals surface area contributed by atoms with Crippen molar-refractivity contribution >= 4 is 23.2 Å². The van der Waals surface area contributed by atoms with Gasteiger partial charge in [-0.3, -0.25) is 14.3 Å². The van der Waals surface area contributed by atoms with Gasteiger partial charge in [-0.15, -0.1) is 11.3 Å². The fourth-order valence-electron chi connectivity index (χ4n) is 4.42. The van der Waals surface area contributed by atoms with Gasteiger partial charge in [-0.05, 0) is 24.7 Å². The molecule has 3 aromatic rings. The quantitative estimate of drug-likeness (QED) is 0.488. The molecular formula is C24H30N6O3S. The van der Waals surface area contributed by atoms with Crippen molar-refractivity contribution in [2.75, 3.05) is 13.6 Å². The lowest BCUT2D eigenvalue weighted by Gasteiger charge is -2.27. The number of hydrogen-bond donors (Lipinski definition) is 0. The molecule has 2 aliphatic rings. The second kappa shape index (κ2) is 9.32. The molecular weight excluding hydrogens is 452 g/mol. The molecule has 3 aromatic heterocycles. The molecule has 0 N–H and O–H groups in total. The molecule has 0 aromatic carbocycles. The van der Waals surface area contributed by atoms with E-state index in [0.717, 1.165) is 29.9 Å². The van der Waals surface area contributed by atoms with Crippen molar-refractivity contribution in [3.8, 4) is 0 Å². The van der Waals surface area contributed by atoms with E-state index in [2.05, 4.69) is 24.0 Å². The highest BCUT2D eigenvalue weighted by Crippen LogP contribution is 2.33. The van der Waals surface area contributed by atoms with Crippen LogP contribution in [0.5, 0.6) is 0 Å². The smallest absolute Gasteiger partial charge is 0.276 e. The second-order valence-corrected chi connectivity index (χ2v) is 10.5. The highest BCUT2D eigenvalue weighted by molar-refractivity contribution is 7.07. The summed E-state index contributed by atoms with van der Waals surface area (Å²) in [4.78, 5) is 34.3. The Hall–Kier alpha value is -3.01. The first-order valence-corrected chi connectivity index (χ1v) is 12.8. The largest absolute Gasteiger partial charge is 0.361 e. The Kier molecular flexibility index (Phi) is 6.24. The molecule has 5 rings (SSSR count). The first-order valence-electron chi connectivity index (χ1n) is 11.8. The third-order valence-electron chi connectivity index (χ3n) is 6.37. The van der Waals surface area contributed by atoms with Crippen molar-refractivity contribution in [1.29, 1.82) is 0 Å². The monoisotopic (exact) mass is 482 g/mol. The Morgan fingerprint density at radius 3 is 2.85 bits per heavy atom. The van der Waals surface area contributed by atoms with Gasteiger partial charge < -0.3 is 14.3 Å². The molecule has 0 saturated heterocycles. The van der Waals surface area contributed by atoms with Crippen LogP contribution in [0.1, 0.15) is 70.4 Å². The van der Waals surface area contributed by atoms with Gasteiger partial charge in [0.1, 0.15) is 5.76 Å². The van der Waals surface area contributed by atoms with Crippen LogP contribution in [0.2, 0.25) is 0 Å². The maximum Gasteiger partial charge on any atom is 0.276 e. The highest BCUT2D eigenvalue weighted by Gasteiger charge is 2.34. The van der Waals surface area contributed by atoms with Gasteiger partial charge in [0, 0.05) is 55.7 Å². The van der Waals surface area contributed by atoms with E-state index in [-0.39, 0.29) is 11.8 Å². The van der Waals surface area contributed by atoms with Gasteiger partial charge >= 0.3 is 0 Å². The SMILES string of the molecule is CC(C)Cc1cc(C(=O)N2CCc3c(c(C(=O)N(C)Cc4cscn4)nn3CC3CC3)C2)no1. The molecule has 0 radical (unpaired) electrons. The number of carbonyl (C=O) groups excluding carboxylic acids is 2. The summed E-state index contributed by atoms with van der Waals surface area (Å²) in [6.45, 7) is 6.36. The normalized spacial score (nSPS) is 15.6. The van der Waals surface area contributed by atoms with E-state index >= 15 is 0 Å². The minimum absolute atomic E-state index is 0.145. The zero-order chi connectivity index (χ0) is 23.8. The Bertz CT molecular complexity index is 1180. The van der Waals surface area contributed by atoms with Gasteiger partial charge in [0.2, 0.25) is 0 Å². The van der Waals surface area contributed by atoms with Crippen LogP contribution in [0.4, 0.5) is 0 Å². The predicted molar refractivity (Wildman–Crippen MR) is 126 cm³/mol. The molecule has 1 fully saturated rings. The molecule has 1 saturated carbocycles. The standard InChI is InChI=1S/C24H30N6O3S/c1-15(2)8-18-9-20(27-33-18)23(31)29-7-6-21-19(12-29)22(26-30(21)10-16-4-5-16)24(32)28(3)11-17-13-34-14-25-17/h9,13-16H,4-8,10-12H2,1-3H3. The first kappa shape index (κ1) is 22.8. The van der Waals surface area contributed by atoms with Gasteiger partial charge in [0.25, 0.3) is 11.8 Å². The average Bonchev–Trinajstić information content (AvgIpc) is 3.16. The Labute approximate surface area is 202 Å². The molecule has 0 spiro atoms. The molecule has 1 aliphatic carbocycles. The summed E-state index contributed by atoms with van der Waals surface area (Å²) >= 11 is 1.51. The van der Waals surface area contributed by atoms with E-state index in [9.17, 15) is 9.59 Å². The summed E-state index contributed by atoms with van der Waals surface area (Å²) in [6.07, 6.45) is 3.82. The maximum absolute atomic E-state index is 13.4. The summed E-state index contributed by atoms with van der Waals surface area (Å²) < 4.78 is 7.38. The molecule has 0 bridgehead atoms. The summed E-state index contributed by atoms with van der Waals surface area (Å²) in [5.74, 6) is 1.45. The van der Waals surface area contributed by atoms with Gasteiger partial charge in [-0.1, -0.05) is 19.0 Å². The number of carbonyl (C=O) groups is 2. The molecule has 180 valence electrons. The van der Waals surface area contributed by atoms with Crippen molar-refractivity contribution < 1.29 is 14.1 Å². The Morgan fingerprint density at radius 2 is 2.15 bits per heavy atom. The molecule has 4 heterocycles. The third kappa shape index (κ3) is 4.77. The summed E-state index contributed by atoms with van der Waals surface area (Å²) in [5.41, 5.74) is 5.29. The Morgan fingerprint density at radius 1 is 1.32 bits per heavy atom. The lowest BCUT2D eigenvalue weighted by Crippen LogP contribution is -2.37. The number of fused-ring (bicyclic) bond motifs is 1. The van der Waals surface area contributed by atoms with E-state index in [0.29, 0.717) is 55.0 Å². The topological polar surface area (TPSA) is 97.4 Å². The summed E-state index contributed by atoms with van der Waals surface area (Å²) in [6, 6.07) is 1.74. The molecule has 0 unspecified atom stereocenters. The maximum atomic E-state index is 13.4. The number of rotatable bonds is 8. The van der Waals surface area contributed by atoms with Crippen molar-refractivity contribution in [3.05, 3.63) is 51.1 Å². The fourth-order valence-corrected chi connectivity index (χ4v) is 4.97. The lowest BCUT2D eigenvalue weighted by atomic mass is 10.0. The average molecular weight is 483 g/mol. The molecule has 0 atom stereocenters. The van der Waals surface area contributed by atoms with E-state index in [1.165, 1.54) is 24.2 Å². The van der Waals surface area contributed by atoms with Crippen LogP contribution in [0.3, 0.4) is 0 Å². The number of thiazole rings is 1. The number of amides is 2. The van der Waals surface area contributed by atoms with Crippen LogP contribution in [-0.2, 0) is 32.5 Å². The molecule has 34 heavy (non-hydrogen) atoms.